The SMILES string of the molecule is Cc1nc2ccc(C(O)C(O)CCNC(=O)OCc3ccccc3)cc2o1. The summed E-state index contributed by atoms with van der Waals surface area (Å²) in [5.41, 5.74) is 2.67. The molecular weight excluding hydrogens is 348 g/mol. The summed E-state index contributed by atoms with van der Waals surface area (Å²) >= 11 is 0. The summed E-state index contributed by atoms with van der Waals surface area (Å²) < 4.78 is 10.5. The van der Waals surface area contributed by atoms with Crippen molar-refractivity contribution in [1.82, 2.24) is 10.3 Å². The monoisotopic (exact) mass is 370 g/mol. The highest BCUT2D eigenvalue weighted by atomic mass is 16.5. The van der Waals surface area contributed by atoms with Crippen LogP contribution in [0, 0.1) is 6.92 Å². The summed E-state index contributed by atoms with van der Waals surface area (Å²) in [7, 11) is 0. The summed E-state index contributed by atoms with van der Waals surface area (Å²) in [4.78, 5) is 15.9. The molecule has 3 aromatic rings. The highest BCUT2D eigenvalue weighted by Crippen LogP contribution is 2.24. The van der Waals surface area contributed by atoms with E-state index in [0.717, 1.165) is 5.56 Å². The smallest absolute Gasteiger partial charge is 0.407 e. The number of aliphatic hydroxyl groups excluding tert-OH is 2. The van der Waals surface area contributed by atoms with E-state index in [1.165, 1.54) is 0 Å². The number of oxazole rings is 1. The average Bonchev–Trinajstić information content (AvgIpc) is 3.05. The van der Waals surface area contributed by atoms with Crippen LogP contribution in [0.5, 0.6) is 0 Å². The Hall–Kier alpha value is -2.90. The number of aromatic nitrogens is 1. The number of nitrogens with one attached hydrogen (secondary N) is 1. The van der Waals surface area contributed by atoms with Crippen molar-refractivity contribution in [2.75, 3.05) is 6.54 Å². The molecule has 142 valence electrons. The Morgan fingerprint density at radius 3 is 2.78 bits per heavy atom. The number of nitrogens with zero attached hydrogens (tertiary/aromatic N) is 1. The van der Waals surface area contributed by atoms with Gasteiger partial charge >= 0.3 is 6.09 Å². The van der Waals surface area contributed by atoms with E-state index in [2.05, 4.69) is 10.3 Å². The van der Waals surface area contributed by atoms with Gasteiger partial charge in [0.25, 0.3) is 0 Å². The van der Waals surface area contributed by atoms with Gasteiger partial charge in [0.2, 0.25) is 0 Å². The Morgan fingerprint density at radius 1 is 1.22 bits per heavy atom. The molecule has 0 spiro atoms. The zero-order valence-electron chi connectivity index (χ0n) is 15.0. The van der Waals surface area contributed by atoms with Gasteiger partial charge in [-0.05, 0) is 29.7 Å². The third-order valence-electron chi connectivity index (χ3n) is 4.15. The number of carbonyl (C=O) groups is 1. The number of aryl methyl sites for hydroxylation is 1. The minimum Gasteiger partial charge on any atom is -0.445 e. The van der Waals surface area contributed by atoms with Gasteiger partial charge in [-0.3, -0.25) is 0 Å². The third-order valence-corrected chi connectivity index (χ3v) is 4.15. The van der Waals surface area contributed by atoms with Crippen LogP contribution in [0.15, 0.2) is 52.9 Å². The molecule has 3 rings (SSSR count). The molecule has 0 bridgehead atoms. The Kier molecular flexibility index (Phi) is 6.05. The number of hydrogen-bond donors (Lipinski definition) is 3. The molecule has 27 heavy (non-hydrogen) atoms. The second-order valence-corrected chi connectivity index (χ2v) is 6.25. The predicted molar refractivity (Wildman–Crippen MR) is 99.0 cm³/mol. The minimum absolute atomic E-state index is 0.175. The first kappa shape index (κ1) is 18.9. The summed E-state index contributed by atoms with van der Waals surface area (Å²) in [6.45, 7) is 2.09. The first-order valence-electron chi connectivity index (χ1n) is 8.70. The lowest BCUT2D eigenvalue weighted by molar-refractivity contribution is 0.0137. The Bertz CT molecular complexity index is 894. The summed E-state index contributed by atoms with van der Waals surface area (Å²) in [5.74, 6) is 0.537. The maximum atomic E-state index is 11.7. The molecule has 1 amide bonds. The number of rotatable bonds is 7. The molecule has 0 aliphatic carbocycles. The van der Waals surface area contributed by atoms with Crippen molar-refractivity contribution in [1.29, 1.82) is 0 Å². The number of alkyl carbamates (subject to hydrolysis) is 1. The molecule has 2 aromatic carbocycles. The predicted octanol–water partition coefficient (Wildman–Crippen LogP) is 2.85. The topological polar surface area (TPSA) is 105 Å². The standard InChI is InChI=1S/C20H22N2O5/c1-13-22-16-8-7-15(11-18(16)27-13)19(24)17(23)9-10-21-20(25)26-12-14-5-3-2-4-6-14/h2-8,11,17,19,23-24H,9-10,12H2,1H3,(H,21,25). The van der Waals surface area contributed by atoms with Crippen molar-refractivity contribution in [3.05, 3.63) is 65.5 Å². The normalized spacial score (nSPS) is 13.3. The van der Waals surface area contributed by atoms with Gasteiger partial charge in [-0.1, -0.05) is 36.4 Å². The highest BCUT2D eigenvalue weighted by Gasteiger charge is 2.19. The molecule has 1 aromatic heterocycles. The van der Waals surface area contributed by atoms with Crippen LogP contribution in [0.4, 0.5) is 4.79 Å². The van der Waals surface area contributed by atoms with Crippen molar-refractivity contribution < 1.29 is 24.2 Å². The van der Waals surface area contributed by atoms with Crippen LogP contribution in [0.25, 0.3) is 11.1 Å². The zero-order chi connectivity index (χ0) is 19.2. The molecule has 7 nitrogen and oxygen atoms in total. The summed E-state index contributed by atoms with van der Waals surface area (Å²) in [5, 5.41) is 23.1. The van der Waals surface area contributed by atoms with E-state index < -0.39 is 18.3 Å². The van der Waals surface area contributed by atoms with Gasteiger partial charge in [-0.2, -0.15) is 0 Å². The molecule has 0 radical (unpaired) electrons. The molecule has 0 aliphatic heterocycles. The number of hydrogen-bond acceptors (Lipinski definition) is 6. The van der Waals surface area contributed by atoms with Crippen LogP contribution in [0.1, 0.15) is 29.5 Å². The second kappa shape index (κ2) is 8.66. The molecule has 2 atom stereocenters. The van der Waals surface area contributed by atoms with E-state index in [9.17, 15) is 15.0 Å². The fourth-order valence-electron chi connectivity index (χ4n) is 2.72. The summed E-state index contributed by atoms with van der Waals surface area (Å²) in [6.07, 6.45) is -2.53. The van der Waals surface area contributed by atoms with Crippen LogP contribution in [0.3, 0.4) is 0 Å². The van der Waals surface area contributed by atoms with E-state index in [1.807, 2.05) is 30.3 Å². The Morgan fingerprint density at radius 2 is 2.00 bits per heavy atom. The average molecular weight is 370 g/mol. The Labute approximate surface area is 156 Å². The molecule has 0 saturated heterocycles. The van der Waals surface area contributed by atoms with Crippen LogP contribution < -0.4 is 5.32 Å². The number of amides is 1. The van der Waals surface area contributed by atoms with Gasteiger partial charge in [-0.25, -0.2) is 9.78 Å². The lowest BCUT2D eigenvalue weighted by Crippen LogP contribution is -2.29. The quantitative estimate of drug-likeness (QED) is 0.591. The molecule has 7 heteroatoms. The van der Waals surface area contributed by atoms with Gasteiger partial charge in [-0.15, -0.1) is 0 Å². The molecule has 0 aliphatic rings. The first-order valence-corrected chi connectivity index (χ1v) is 8.70. The summed E-state index contributed by atoms with van der Waals surface area (Å²) in [6, 6.07) is 14.4. The largest absolute Gasteiger partial charge is 0.445 e. The van der Waals surface area contributed by atoms with Crippen molar-refractivity contribution in [2.24, 2.45) is 0 Å². The molecule has 0 saturated carbocycles. The Balaban J connectivity index is 1.45. The van der Waals surface area contributed by atoms with Crippen molar-refractivity contribution in [2.45, 2.75) is 32.2 Å². The number of aliphatic hydroxyl groups is 2. The van der Waals surface area contributed by atoms with Crippen molar-refractivity contribution in [3.63, 3.8) is 0 Å². The number of carbonyl (C=O) groups excluding carboxylic acids is 1. The van der Waals surface area contributed by atoms with Crippen molar-refractivity contribution >= 4 is 17.2 Å². The van der Waals surface area contributed by atoms with E-state index >= 15 is 0 Å². The maximum absolute atomic E-state index is 11.7. The van der Waals surface area contributed by atoms with Gasteiger partial charge in [0.1, 0.15) is 18.2 Å². The van der Waals surface area contributed by atoms with Gasteiger partial charge in [0, 0.05) is 13.5 Å². The van der Waals surface area contributed by atoms with E-state index in [1.54, 1.807) is 25.1 Å². The lowest BCUT2D eigenvalue weighted by Gasteiger charge is -2.18. The fourth-order valence-corrected chi connectivity index (χ4v) is 2.72. The van der Waals surface area contributed by atoms with E-state index in [-0.39, 0.29) is 19.6 Å². The second-order valence-electron chi connectivity index (χ2n) is 6.25. The third kappa shape index (κ3) is 5.06. The van der Waals surface area contributed by atoms with Crippen LogP contribution in [-0.4, -0.2) is 33.9 Å². The number of ether oxygens (including phenoxy) is 1. The van der Waals surface area contributed by atoms with Crippen LogP contribution >= 0.6 is 0 Å². The molecule has 0 fully saturated rings. The van der Waals surface area contributed by atoms with Gasteiger partial charge in [0.15, 0.2) is 11.5 Å². The van der Waals surface area contributed by atoms with Gasteiger partial charge in [0.05, 0.1) is 6.10 Å². The van der Waals surface area contributed by atoms with Gasteiger partial charge < -0.3 is 24.7 Å². The number of benzene rings is 2. The molecule has 2 unspecified atom stereocenters. The molecular formula is C20H22N2O5. The van der Waals surface area contributed by atoms with Crippen LogP contribution in [-0.2, 0) is 11.3 Å². The molecule has 1 heterocycles. The first-order chi connectivity index (χ1) is 13.0. The fraction of sp³-hybridized carbons (Fsp3) is 0.300. The zero-order valence-corrected chi connectivity index (χ0v) is 15.0. The van der Waals surface area contributed by atoms with E-state index in [0.29, 0.717) is 22.6 Å². The van der Waals surface area contributed by atoms with Crippen LogP contribution in [0.2, 0.25) is 0 Å². The number of fused-ring (bicyclic) bond motifs is 1. The molecule has 3 N–H and O–H groups in total. The highest BCUT2D eigenvalue weighted by molar-refractivity contribution is 5.73. The van der Waals surface area contributed by atoms with Crippen molar-refractivity contribution in [3.8, 4) is 0 Å². The van der Waals surface area contributed by atoms with E-state index in [4.69, 9.17) is 9.15 Å². The lowest BCUT2D eigenvalue weighted by atomic mass is 10.0. The maximum Gasteiger partial charge on any atom is 0.407 e. The minimum atomic E-state index is -1.10.